The molecule has 0 amide bonds. The largest absolute Gasteiger partial charge is 0.381 e. The lowest BCUT2D eigenvalue weighted by atomic mass is 10.3. The van der Waals surface area contributed by atoms with Gasteiger partial charge in [-0.15, -0.1) is 5.10 Å². The quantitative estimate of drug-likeness (QED) is 0.772. The van der Waals surface area contributed by atoms with Gasteiger partial charge < -0.3 is 5.73 Å². The molecule has 0 unspecified atom stereocenters. The minimum atomic E-state index is -2.96. The van der Waals surface area contributed by atoms with Crippen molar-refractivity contribution < 1.29 is 8.42 Å². The molecular formula is C8H14N4O2S. The summed E-state index contributed by atoms with van der Waals surface area (Å²) >= 11 is 0. The molecule has 1 heterocycles. The Bertz CT molecular complexity index is 461. The Morgan fingerprint density at radius 1 is 1.53 bits per heavy atom. The van der Waals surface area contributed by atoms with Gasteiger partial charge in [-0.3, -0.25) is 0 Å². The third-order valence-corrected chi connectivity index (χ3v) is 3.36. The van der Waals surface area contributed by atoms with Crippen molar-refractivity contribution in [1.82, 2.24) is 15.0 Å². The first kappa shape index (κ1) is 10.4. The Labute approximate surface area is 88.4 Å². The molecule has 1 aromatic heterocycles. The lowest BCUT2D eigenvalue weighted by Crippen LogP contribution is -2.14. The predicted molar refractivity (Wildman–Crippen MR) is 56.1 cm³/mol. The molecule has 15 heavy (non-hydrogen) atoms. The van der Waals surface area contributed by atoms with Crippen molar-refractivity contribution in [2.24, 2.45) is 0 Å². The van der Waals surface area contributed by atoms with E-state index in [0.717, 1.165) is 18.5 Å². The average molecular weight is 230 g/mol. The Morgan fingerprint density at radius 2 is 2.20 bits per heavy atom. The Morgan fingerprint density at radius 3 is 2.73 bits per heavy atom. The summed E-state index contributed by atoms with van der Waals surface area (Å²) in [5.74, 6) is 0.945. The number of hydrogen-bond donors (Lipinski definition) is 1. The topological polar surface area (TPSA) is 90.9 Å². The number of aromatic nitrogens is 3. The summed E-state index contributed by atoms with van der Waals surface area (Å²) in [6, 6.07) is 0. The lowest BCUT2D eigenvalue weighted by molar-refractivity contribution is 0.569. The molecule has 0 bridgehead atoms. The molecule has 1 saturated carbocycles. The van der Waals surface area contributed by atoms with Crippen LogP contribution in [-0.4, -0.2) is 35.4 Å². The van der Waals surface area contributed by atoms with E-state index in [1.54, 1.807) is 4.68 Å². The predicted octanol–water partition coefficient (Wildman–Crippen LogP) is -0.218. The zero-order valence-electron chi connectivity index (χ0n) is 8.55. The van der Waals surface area contributed by atoms with Crippen LogP contribution in [0.2, 0.25) is 0 Å². The molecule has 6 nitrogen and oxygen atoms in total. The summed E-state index contributed by atoms with van der Waals surface area (Å²) in [4.78, 5) is 0. The minimum absolute atomic E-state index is 0.0789. The molecule has 1 aliphatic carbocycles. The van der Waals surface area contributed by atoms with Crippen molar-refractivity contribution in [1.29, 1.82) is 0 Å². The second kappa shape index (κ2) is 3.48. The van der Waals surface area contributed by atoms with Crippen LogP contribution < -0.4 is 5.73 Å². The van der Waals surface area contributed by atoms with Gasteiger partial charge in [-0.1, -0.05) is 5.21 Å². The zero-order chi connectivity index (χ0) is 11.1. The molecule has 0 saturated heterocycles. The molecule has 1 fully saturated rings. The average Bonchev–Trinajstić information content (AvgIpc) is 2.87. The van der Waals surface area contributed by atoms with E-state index in [-0.39, 0.29) is 5.75 Å². The highest BCUT2D eigenvalue weighted by Gasteiger charge is 2.30. The molecule has 0 aromatic carbocycles. The number of nitrogens with zero attached hydrogens (tertiary/aromatic N) is 3. The van der Waals surface area contributed by atoms with Gasteiger partial charge in [0.15, 0.2) is 5.82 Å². The molecule has 84 valence electrons. The summed E-state index contributed by atoms with van der Waals surface area (Å²) in [6.07, 6.45) is 3.40. The van der Waals surface area contributed by atoms with E-state index >= 15 is 0 Å². The highest BCUT2D eigenvalue weighted by Crippen LogP contribution is 2.41. The summed E-state index contributed by atoms with van der Waals surface area (Å²) < 4.78 is 23.6. The van der Waals surface area contributed by atoms with Crippen LogP contribution in [0.25, 0.3) is 0 Å². The normalized spacial score (nSPS) is 16.9. The maximum Gasteiger partial charge on any atom is 0.169 e. The van der Waals surface area contributed by atoms with Crippen LogP contribution >= 0.6 is 0 Å². The van der Waals surface area contributed by atoms with Gasteiger partial charge >= 0.3 is 0 Å². The highest BCUT2D eigenvalue weighted by atomic mass is 32.2. The van der Waals surface area contributed by atoms with Crippen molar-refractivity contribution in [3.8, 4) is 0 Å². The van der Waals surface area contributed by atoms with Gasteiger partial charge in [0.05, 0.1) is 18.0 Å². The van der Waals surface area contributed by atoms with Crippen LogP contribution in [0.1, 0.15) is 24.5 Å². The van der Waals surface area contributed by atoms with Crippen molar-refractivity contribution >= 4 is 15.7 Å². The van der Waals surface area contributed by atoms with Crippen LogP contribution in [0, 0.1) is 0 Å². The first-order valence-corrected chi connectivity index (χ1v) is 6.90. The molecule has 1 aliphatic rings. The number of aryl methyl sites for hydroxylation is 1. The number of hydrogen-bond acceptors (Lipinski definition) is 5. The van der Waals surface area contributed by atoms with Crippen molar-refractivity contribution in [3.63, 3.8) is 0 Å². The number of rotatable bonds is 4. The smallest absolute Gasteiger partial charge is 0.169 e. The lowest BCUT2D eigenvalue weighted by Gasteiger charge is -2.04. The third-order valence-electron chi connectivity index (χ3n) is 2.44. The molecule has 7 heteroatoms. The summed E-state index contributed by atoms with van der Waals surface area (Å²) in [6.45, 7) is 0.342. The van der Waals surface area contributed by atoms with Crippen molar-refractivity contribution in [2.45, 2.75) is 25.3 Å². The number of anilines is 1. The summed E-state index contributed by atoms with van der Waals surface area (Å²) in [5.41, 5.74) is 6.58. The monoisotopic (exact) mass is 230 g/mol. The maximum atomic E-state index is 11.0. The molecule has 0 aliphatic heterocycles. The number of sulfone groups is 1. The molecular weight excluding hydrogens is 216 g/mol. The van der Waals surface area contributed by atoms with Gasteiger partial charge in [0.2, 0.25) is 0 Å². The number of nitrogen functional groups attached to an aromatic ring is 1. The Balaban J connectivity index is 2.14. The summed E-state index contributed by atoms with van der Waals surface area (Å²) in [5, 5.41) is 7.63. The second-order valence-electron chi connectivity index (χ2n) is 3.99. The van der Waals surface area contributed by atoms with E-state index in [4.69, 9.17) is 5.73 Å². The van der Waals surface area contributed by atoms with Crippen molar-refractivity contribution in [2.75, 3.05) is 17.7 Å². The highest BCUT2D eigenvalue weighted by molar-refractivity contribution is 7.90. The van der Waals surface area contributed by atoms with Gasteiger partial charge in [-0.2, -0.15) is 0 Å². The fourth-order valence-electron chi connectivity index (χ4n) is 1.53. The first-order valence-electron chi connectivity index (χ1n) is 4.84. The van der Waals surface area contributed by atoms with E-state index in [0.29, 0.717) is 18.3 Å². The maximum absolute atomic E-state index is 11.0. The van der Waals surface area contributed by atoms with E-state index in [1.165, 1.54) is 6.26 Å². The van der Waals surface area contributed by atoms with E-state index < -0.39 is 9.84 Å². The van der Waals surface area contributed by atoms with Crippen LogP contribution in [0.3, 0.4) is 0 Å². The Hall–Kier alpha value is -1.11. The fraction of sp³-hybridized carbons (Fsp3) is 0.750. The van der Waals surface area contributed by atoms with Crippen LogP contribution in [0.5, 0.6) is 0 Å². The zero-order valence-corrected chi connectivity index (χ0v) is 9.37. The first-order chi connectivity index (χ1) is 6.97. The standard InChI is InChI=1S/C8H14N4O2S/c1-15(13,14)5-4-12-7(6-2-3-6)8(9)10-11-12/h6H,2-5,9H2,1H3. The van der Waals surface area contributed by atoms with E-state index in [9.17, 15) is 8.42 Å². The van der Waals surface area contributed by atoms with Gasteiger partial charge in [-0.05, 0) is 12.8 Å². The van der Waals surface area contributed by atoms with Gasteiger partial charge in [0.25, 0.3) is 0 Å². The molecule has 0 spiro atoms. The van der Waals surface area contributed by atoms with Crippen LogP contribution in [0.15, 0.2) is 0 Å². The summed E-state index contributed by atoms with van der Waals surface area (Å²) in [7, 11) is -2.96. The molecule has 1 aromatic rings. The second-order valence-corrected chi connectivity index (χ2v) is 6.25. The van der Waals surface area contributed by atoms with Gasteiger partial charge in [-0.25, -0.2) is 13.1 Å². The number of nitrogens with two attached hydrogens (primary N) is 1. The van der Waals surface area contributed by atoms with Gasteiger partial charge in [0, 0.05) is 12.2 Å². The van der Waals surface area contributed by atoms with E-state index in [2.05, 4.69) is 10.3 Å². The molecule has 0 radical (unpaired) electrons. The molecule has 2 rings (SSSR count). The minimum Gasteiger partial charge on any atom is -0.381 e. The van der Waals surface area contributed by atoms with Crippen molar-refractivity contribution in [3.05, 3.63) is 5.69 Å². The molecule has 0 atom stereocenters. The van der Waals surface area contributed by atoms with Crippen LogP contribution in [-0.2, 0) is 16.4 Å². The van der Waals surface area contributed by atoms with E-state index in [1.807, 2.05) is 0 Å². The third kappa shape index (κ3) is 2.47. The fourth-order valence-corrected chi connectivity index (χ4v) is 2.03. The van der Waals surface area contributed by atoms with Crippen LogP contribution in [0.4, 0.5) is 5.82 Å². The van der Waals surface area contributed by atoms with Gasteiger partial charge in [0.1, 0.15) is 9.84 Å². The molecule has 2 N–H and O–H groups in total. The SMILES string of the molecule is CS(=O)(=O)CCn1nnc(N)c1C1CC1. The Kier molecular flexibility index (Phi) is 2.41.